The van der Waals surface area contributed by atoms with Crippen LogP contribution < -0.4 is 10.2 Å². The van der Waals surface area contributed by atoms with Crippen LogP contribution in [-0.4, -0.2) is 30.4 Å². The first kappa shape index (κ1) is 19.5. The Labute approximate surface area is 169 Å². The minimum Gasteiger partial charge on any atom is -0.336 e. The molecule has 2 aromatic carbocycles. The molecule has 1 atom stereocenters. The van der Waals surface area contributed by atoms with Crippen LogP contribution in [0, 0.1) is 11.3 Å². The quantitative estimate of drug-likeness (QED) is 0.819. The summed E-state index contributed by atoms with van der Waals surface area (Å²) in [7, 11) is 1.56. The molecule has 0 bridgehead atoms. The van der Waals surface area contributed by atoms with E-state index in [1.807, 2.05) is 6.07 Å². The van der Waals surface area contributed by atoms with E-state index in [1.54, 1.807) is 31.3 Å². The number of rotatable bonds is 2. The molecule has 152 valence electrons. The number of urea groups is 1. The molecular weight excluding hydrogens is 397 g/mol. The van der Waals surface area contributed by atoms with E-state index in [0.29, 0.717) is 22.4 Å². The Hall–Kier alpha value is -3.80. The number of anilines is 1. The number of alkyl halides is 3. The van der Waals surface area contributed by atoms with Gasteiger partial charge in [-0.1, -0.05) is 18.2 Å². The summed E-state index contributed by atoms with van der Waals surface area (Å²) in [4.78, 5) is 28.3. The summed E-state index contributed by atoms with van der Waals surface area (Å²) in [5.74, 6) is -0.323. The highest BCUT2D eigenvalue weighted by Gasteiger charge is 2.44. The van der Waals surface area contributed by atoms with E-state index >= 15 is 0 Å². The summed E-state index contributed by atoms with van der Waals surface area (Å²) in [5.41, 5.74) is 0.787. The maximum Gasteiger partial charge on any atom is 0.416 e. The molecule has 2 heterocycles. The fourth-order valence-electron chi connectivity index (χ4n) is 3.67. The summed E-state index contributed by atoms with van der Waals surface area (Å²) in [5, 5.41) is 11.7. The zero-order valence-electron chi connectivity index (χ0n) is 15.7. The van der Waals surface area contributed by atoms with Crippen LogP contribution in [0.4, 0.5) is 23.7 Å². The average Bonchev–Trinajstić information content (AvgIpc) is 3.01. The van der Waals surface area contributed by atoms with E-state index in [1.165, 1.54) is 17.0 Å². The number of hydrogen-bond acceptors (Lipinski definition) is 3. The van der Waals surface area contributed by atoms with Crippen molar-refractivity contribution in [3.05, 3.63) is 76.5 Å². The fraction of sp³-hybridized carbons (Fsp3) is 0.190. The topological polar surface area (TPSA) is 76.4 Å². The van der Waals surface area contributed by atoms with Gasteiger partial charge in [0.05, 0.1) is 46.7 Å². The van der Waals surface area contributed by atoms with Gasteiger partial charge in [-0.2, -0.15) is 18.4 Å². The van der Waals surface area contributed by atoms with Gasteiger partial charge in [-0.05, 0) is 35.9 Å². The SMILES string of the molecule is CN1CC2=C(C1=O)[C@H](c1ccc(C#N)cc1)NC(=O)N2c1cccc(C(F)(F)F)c1. The van der Waals surface area contributed by atoms with Gasteiger partial charge in [-0.3, -0.25) is 9.69 Å². The maximum atomic E-state index is 13.2. The van der Waals surface area contributed by atoms with Crippen LogP contribution in [0.2, 0.25) is 0 Å². The minimum absolute atomic E-state index is 0.0243. The van der Waals surface area contributed by atoms with Crippen molar-refractivity contribution in [2.24, 2.45) is 0 Å². The third kappa shape index (κ3) is 3.16. The molecule has 6 nitrogen and oxygen atoms in total. The molecular formula is C21H15F3N4O2. The normalized spacial score (nSPS) is 19.0. The van der Waals surface area contributed by atoms with E-state index in [9.17, 15) is 22.8 Å². The van der Waals surface area contributed by atoms with Gasteiger partial charge in [0.2, 0.25) is 0 Å². The maximum absolute atomic E-state index is 13.2. The molecule has 0 unspecified atom stereocenters. The molecule has 30 heavy (non-hydrogen) atoms. The molecule has 0 saturated carbocycles. The minimum atomic E-state index is -4.56. The summed E-state index contributed by atoms with van der Waals surface area (Å²) in [6.45, 7) is 0.0879. The summed E-state index contributed by atoms with van der Waals surface area (Å²) >= 11 is 0. The Bertz CT molecular complexity index is 1120. The molecule has 3 amide bonds. The molecule has 1 N–H and O–H groups in total. The van der Waals surface area contributed by atoms with Crippen LogP contribution in [0.5, 0.6) is 0 Å². The first-order valence-electron chi connectivity index (χ1n) is 8.97. The van der Waals surface area contributed by atoms with Crippen LogP contribution in [0.15, 0.2) is 59.8 Å². The Morgan fingerprint density at radius 3 is 2.47 bits per heavy atom. The predicted molar refractivity (Wildman–Crippen MR) is 101 cm³/mol. The van der Waals surface area contributed by atoms with Crippen LogP contribution in [0.25, 0.3) is 0 Å². The Morgan fingerprint density at radius 1 is 1.13 bits per heavy atom. The van der Waals surface area contributed by atoms with Crippen LogP contribution in [0.3, 0.4) is 0 Å². The average molecular weight is 412 g/mol. The first-order valence-corrected chi connectivity index (χ1v) is 8.97. The molecule has 0 aromatic heterocycles. The van der Waals surface area contributed by atoms with Gasteiger partial charge in [-0.15, -0.1) is 0 Å². The summed E-state index contributed by atoms with van der Waals surface area (Å²) in [6.07, 6.45) is -4.56. The van der Waals surface area contributed by atoms with Gasteiger partial charge < -0.3 is 10.2 Å². The number of likely N-dealkylation sites (N-methyl/N-ethyl adjacent to an activating group) is 1. The lowest BCUT2D eigenvalue weighted by atomic mass is 9.94. The standard InChI is InChI=1S/C21H15F3N4O2/c1-27-11-16-17(19(27)29)18(13-7-5-12(10-25)6-8-13)26-20(30)28(16)15-4-2-3-14(9-15)21(22,23)24/h2-9,18H,11H2,1H3,(H,26,30)/t18-/m0/s1. The fourth-order valence-corrected chi connectivity index (χ4v) is 3.67. The number of nitrogens with zero attached hydrogens (tertiary/aromatic N) is 3. The van der Waals surface area contributed by atoms with Gasteiger partial charge in [-0.25, -0.2) is 4.79 Å². The van der Waals surface area contributed by atoms with E-state index < -0.39 is 23.8 Å². The molecule has 2 aromatic rings. The number of carbonyl (C=O) groups excluding carboxylic acids is 2. The highest BCUT2D eigenvalue weighted by molar-refractivity contribution is 6.07. The van der Waals surface area contributed by atoms with Gasteiger partial charge in [0.15, 0.2) is 0 Å². The monoisotopic (exact) mass is 412 g/mol. The molecule has 0 aliphatic carbocycles. The molecule has 4 rings (SSSR count). The number of benzene rings is 2. The zero-order chi connectivity index (χ0) is 21.6. The summed E-state index contributed by atoms with van der Waals surface area (Å²) in [6, 6.07) is 11.4. The third-order valence-corrected chi connectivity index (χ3v) is 5.11. The molecule has 9 heteroatoms. The molecule has 0 fully saturated rings. The van der Waals surface area contributed by atoms with E-state index in [4.69, 9.17) is 5.26 Å². The number of amides is 3. The number of carbonyl (C=O) groups is 2. The van der Waals surface area contributed by atoms with E-state index in [-0.39, 0.29) is 18.1 Å². The Morgan fingerprint density at radius 2 is 1.83 bits per heavy atom. The van der Waals surface area contributed by atoms with E-state index in [0.717, 1.165) is 17.0 Å². The van der Waals surface area contributed by atoms with Crippen molar-refractivity contribution in [3.63, 3.8) is 0 Å². The lowest BCUT2D eigenvalue weighted by Gasteiger charge is -2.33. The van der Waals surface area contributed by atoms with Crippen LogP contribution >= 0.6 is 0 Å². The van der Waals surface area contributed by atoms with Crippen molar-refractivity contribution in [1.29, 1.82) is 5.26 Å². The van der Waals surface area contributed by atoms with Crippen molar-refractivity contribution in [2.75, 3.05) is 18.5 Å². The number of halogens is 3. The highest BCUT2D eigenvalue weighted by atomic mass is 19.4. The highest BCUT2D eigenvalue weighted by Crippen LogP contribution is 2.39. The third-order valence-electron chi connectivity index (χ3n) is 5.11. The molecule has 0 radical (unpaired) electrons. The number of hydrogen-bond donors (Lipinski definition) is 1. The zero-order valence-corrected chi connectivity index (χ0v) is 15.7. The van der Waals surface area contributed by atoms with Gasteiger partial charge >= 0.3 is 12.2 Å². The lowest BCUT2D eigenvalue weighted by molar-refractivity contribution is -0.137. The lowest BCUT2D eigenvalue weighted by Crippen LogP contribution is -2.47. The van der Waals surface area contributed by atoms with Crippen molar-refractivity contribution < 1.29 is 22.8 Å². The van der Waals surface area contributed by atoms with Crippen molar-refractivity contribution in [2.45, 2.75) is 12.2 Å². The van der Waals surface area contributed by atoms with Crippen LogP contribution in [0.1, 0.15) is 22.7 Å². The molecule has 0 spiro atoms. The summed E-state index contributed by atoms with van der Waals surface area (Å²) < 4.78 is 39.5. The first-order chi connectivity index (χ1) is 14.2. The van der Waals surface area contributed by atoms with Crippen molar-refractivity contribution in [1.82, 2.24) is 10.2 Å². The number of nitrogens with one attached hydrogen (secondary N) is 1. The van der Waals surface area contributed by atoms with Crippen LogP contribution in [-0.2, 0) is 11.0 Å². The van der Waals surface area contributed by atoms with Gasteiger partial charge in [0.1, 0.15) is 0 Å². The smallest absolute Gasteiger partial charge is 0.336 e. The van der Waals surface area contributed by atoms with Crippen molar-refractivity contribution >= 4 is 17.6 Å². The van der Waals surface area contributed by atoms with Gasteiger partial charge in [0, 0.05) is 7.05 Å². The second kappa shape index (κ2) is 6.91. The van der Waals surface area contributed by atoms with Crippen molar-refractivity contribution in [3.8, 4) is 6.07 Å². The second-order valence-corrected chi connectivity index (χ2v) is 7.02. The van der Waals surface area contributed by atoms with Gasteiger partial charge in [0.25, 0.3) is 5.91 Å². The molecule has 2 aliphatic heterocycles. The molecule has 0 saturated heterocycles. The predicted octanol–water partition coefficient (Wildman–Crippen LogP) is 3.57. The Kier molecular flexibility index (Phi) is 4.50. The second-order valence-electron chi connectivity index (χ2n) is 7.02. The van der Waals surface area contributed by atoms with E-state index in [2.05, 4.69) is 5.32 Å². The molecule has 2 aliphatic rings. The number of nitriles is 1. The Balaban J connectivity index is 1.82. The largest absolute Gasteiger partial charge is 0.416 e.